The third-order valence-electron chi connectivity index (χ3n) is 2.99. The number of amides is 1. The van der Waals surface area contributed by atoms with E-state index in [0.717, 1.165) is 11.8 Å². The Morgan fingerprint density at radius 1 is 1.54 bits per heavy atom. The molecule has 3 N–H and O–H groups in total. The summed E-state index contributed by atoms with van der Waals surface area (Å²) < 4.78 is 5.06. The molecule has 0 spiro atoms. The van der Waals surface area contributed by atoms with Crippen molar-refractivity contribution in [2.24, 2.45) is 0 Å². The van der Waals surface area contributed by atoms with Gasteiger partial charge in [0.2, 0.25) is 5.91 Å². The standard InChI is InChI=1S/C15H14ClN5O2S/c1-8(24-15-19-7-9(6-17)13(18)21-15)14(22)20-10-3-4-12(23-2)11(16)5-10/h3-5,7-8H,1-2H3,(H,20,22)(H2,18,19,21)/t8-/m1/s1. The summed E-state index contributed by atoms with van der Waals surface area (Å²) >= 11 is 7.16. The van der Waals surface area contributed by atoms with Gasteiger partial charge >= 0.3 is 0 Å². The Bertz CT molecular complexity index is 809. The van der Waals surface area contributed by atoms with Gasteiger partial charge in [-0.25, -0.2) is 9.97 Å². The number of methoxy groups -OCH3 is 1. The first-order valence-electron chi connectivity index (χ1n) is 6.78. The molecule has 2 rings (SSSR count). The summed E-state index contributed by atoms with van der Waals surface area (Å²) in [7, 11) is 1.52. The molecule has 1 heterocycles. The maximum Gasteiger partial charge on any atom is 0.237 e. The summed E-state index contributed by atoms with van der Waals surface area (Å²) in [5, 5.41) is 11.8. The fourth-order valence-electron chi connectivity index (χ4n) is 1.72. The second kappa shape index (κ2) is 7.86. The van der Waals surface area contributed by atoms with E-state index in [2.05, 4.69) is 15.3 Å². The van der Waals surface area contributed by atoms with Crippen LogP contribution in [0.1, 0.15) is 12.5 Å². The Morgan fingerprint density at radius 2 is 2.29 bits per heavy atom. The van der Waals surface area contributed by atoms with Gasteiger partial charge in [-0.1, -0.05) is 23.4 Å². The minimum Gasteiger partial charge on any atom is -0.495 e. The largest absolute Gasteiger partial charge is 0.495 e. The molecule has 1 atom stereocenters. The van der Waals surface area contributed by atoms with Gasteiger partial charge in [0.1, 0.15) is 23.2 Å². The number of nitrogens with two attached hydrogens (primary N) is 1. The van der Waals surface area contributed by atoms with Crippen molar-refractivity contribution < 1.29 is 9.53 Å². The van der Waals surface area contributed by atoms with Gasteiger partial charge in [0.25, 0.3) is 0 Å². The predicted octanol–water partition coefficient (Wildman–Crippen LogP) is 2.71. The van der Waals surface area contributed by atoms with Crippen LogP contribution in [-0.4, -0.2) is 28.2 Å². The lowest BCUT2D eigenvalue weighted by molar-refractivity contribution is -0.115. The van der Waals surface area contributed by atoms with Crippen LogP contribution < -0.4 is 15.8 Å². The third-order valence-corrected chi connectivity index (χ3v) is 4.26. The van der Waals surface area contributed by atoms with Gasteiger partial charge in [-0.3, -0.25) is 4.79 Å². The van der Waals surface area contributed by atoms with Crippen molar-refractivity contribution in [2.75, 3.05) is 18.2 Å². The Kier molecular flexibility index (Phi) is 5.84. The van der Waals surface area contributed by atoms with Crippen LogP contribution in [0.3, 0.4) is 0 Å². The number of carbonyl (C=O) groups excluding carboxylic acids is 1. The molecule has 7 nitrogen and oxygen atoms in total. The fraction of sp³-hybridized carbons (Fsp3) is 0.200. The smallest absolute Gasteiger partial charge is 0.237 e. The molecule has 9 heteroatoms. The van der Waals surface area contributed by atoms with Gasteiger partial charge in [0.15, 0.2) is 5.16 Å². The van der Waals surface area contributed by atoms with Crippen molar-refractivity contribution in [3.8, 4) is 11.8 Å². The first-order valence-corrected chi connectivity index (χ1v) is 8.04. The second-order valence-electron chi connectivity index (χ2n) is 4.66. The number of thioether (sulfide) groups is 1. The van der Waals surface area contributed by atoms with Crippen LogP contribution >= 0.6 is 23.4 Å². The van der Waals surface area contributed by atoms with Crippen molar-refractivity contribution in [1.82, 2.24) is 9.97 Å². The second-order valence-corrected chi connectivity index (χ2v) is 6.38. The predicted molar refractivity (Wildman–Crippen MR) is 93.1 cm³/mol. The highest BCUT2D eigenvalue weighted by atomic mass is 35.5. The molecular weight excluding hydrogens is 350 g/mol. The number of benzene rings is 1. The molecule has 1 aromatic carbocycles. The van der Waals surface area contributed by atoms with Gasteiger partial charge < -0.3 is 15.8 Å². The highest BCUT2D eigenvalue weighted by Gasteiger charge is 2.17. The normalized spacial score (nSPS) is 11.4. The lowest BCUT2D eigenvalue weighted by Gasteiger charge is -2.12. The molecule has 0 aliphatic rings. The molecule has 1 aromatic heterocycles. The Morgan fingerprint density at radius 3 is 2.88 bits per heavy atom. The molecule has 0 saturated carbocycles. The van der Waals surface area contributed by atoms with Crippen LogP contribution in [0.4, 0.5) is 11.5 Å². The van der Waals surface area contributed by atoms with Crippen molar-refractivity contribution in [3.63, 3.8) is 0 Å². The highest BCUT2D eigenvalue weighted by molar-refractivity contribution is 8.00. The van der Waals surface area contributed by atoms with Crippen LogP contribution in [0.2, 0.25) is 5.02 Å². The average Bonchev–Trinajstić information content (AvgIpc) is 2.55. The molecule has 2 aromatic rings. The highest BCUT2D eigenvalue weighted by Crippen LogP contribution is 2.28. The first kappa shape index (κ1) is 17.8. The number of nitrogen functional groups attached to an aromatic ring is 1. The number of anilines is 2. The first-order chi connectivity index (χ1) is 11.4. The number of aromatic nitrogens is 2. The van der Waals surface area contributed by atoms with Crippen molar-refractivity contribution >= 4 is 40.8 Å². The summed E-state index contributed by atoms with van der Waals surface area (Å²) in [5.41, 5.74) is 6.39. The van der Waals surface area contributed by atoms with E-state index >= 15 is 0 Å². The zero-order valence-corrected chi connectivity index (χ0v) is 14.5. The molecule has 0 saturated heterocycles. The maximum absolute atomic E-state index is 12.2. The molecule has 0 fully saturated rings. The molecule has 24 heavy (non-hydrogen) atoms. The Hall–Kier alpha value is -2.50. The van der Waals surface area contributed by atoms with Crippen molar-refractivity contribution in [1.29, 1.82) is 5.26 Å². The molecule has 124 valence electrons. The summed E-state index contributed by atoms with van der Waals surface area (Å²) in [6.45, 7) is 1.71. The van der Waals surface area contributed by atoms with Gasteiger partial charge in [0.05, 0.1) is 23.6 Å². The minimum absolute atomic E-state index is 0.0875. The van der Waals surface area contributed by atoms with Crippen molar-refractivity contribution in [3.05, 3.63) is 35.0 Å². The van der Waals surface area contributed by atoms with Gasteiger partial charge in [-0.05, 0) is 25.1 Å². The molecule has 0 bridgehead atoms. The summed E-state index contributed by atoms with van der Waals surface area (Å²) in [6, 6.07) is 6.85. The molecule has 0 unspecified atom stereocenters. The van der Waals surface area contributed by atoms with Gasteiger partial charge in [-0.2, -0.15) is 5.26 Å². The maximum atomic E-state index is 12.2. The van der Waals surface area contributed by atoms with E-state index in [4.69, 9.17) is 27.3 Å². The number of nitriles is 1. The number of carbonyl (C=O) groups is 1. The number of nitrogens with one attached hydrogen (secondary N) is 1. The topological polar surface area (TPSA) is 114 Å². The number of halogens is 1. The van der Waals surface area contributed by atoms with E-state index in [-0.39, 0.29) is 17.3 Å². The van der Waals surface area contributed by atoms with Crippen LogP contribution in [0.5, 0.6) is 5.75 Å². The van der Waals surface area contributed by atoms with E-state index in [1.807, 2.05) is 6.07 Å². The van der Waals surface area contributed by atoms with E-state index in [1.54, 1.807) is 25.1 Å². The fourth-order valence-corrected chi connectivity index (χ4v) is 2.73. The SMILES string of the molecule is COc1ccc(NC(=O)[C@@H](C)Sc2ncc(C#N)c(N)n2)cc1Cl. The van der Waals surface area contributed by atoms with E-state index in [0.29, 0.717) is 21.6 Å². The number of ether oxygens (including phenoxy) is 1. The van der Waals surface area contributed by atoms with Crippen LogP contribution in [-0.2, 0) is 4.79 Å². The number of hydrogen-bond acceptors (Lipinski definition) is 7. The Labute approximate surface area is 148 Å². The molecular formula is C15H14ClN5O2S. The molecule has 0 radical (unpaired) electrons. The summed E-state index contributed by atoms with van der Waals surface area (Å²) in [5.74, 6) is 0.371. The van der Waals surface area contributed by atoms with E-state index in [1.165, 1.54) is 13.3 Å². The van der Waals surface area contributed by atoms with Gasteiger partial charge in [0, 0.05) is 5.69 Å². The van der Waals surface area contributed by atoms with Crippen molar-refractivity contribution in [2.45, 2.75) is 17.3 Å². The molecule has 0 aliphatic carbocycles. The lowest BCUT2D eigenvalue weighted by atomic mass is 10.3. The number of hydrogen-bond donors (Lipinski definition) is 2. The van der Waals surface area contributed by atoms with Crippen LogP contribution in [0.25, 0.3) is 0 Å². The number of nitrogens with zero attached hydrogens (tertiary/aromatic N) is 3. The summed E-state index contributed by atoms with van der Waals surface area (Å²) in [4.78, 5) is 20.3. The zero-order chi connectivity index (χ0) is 17.7. The summed E-state index contributed by atoms with van der Waals surface area (Å²) in [6.07, 6.45) is 1.33. The monoisotopic (exact) mass is 363 g/mol. The van der Waals surface area contributed by atoms with Crippen LogP contribution in [0, 0.1) is 11.3 Å². The van der Waals surface area contributed by atoms with E-state index < -0.39 is 5.25 Å². The van der Waals surface area contributed by atoms with E-state index in [9.17, 15) is 4.79 Å². The average molecular weight is 364 g/mol. The Balaban J connectivity index is 2.03. The van der Waals surface area contributed by atoms with Crippen LogP contribution in [0.15, 0.2) is 29.6 Å². The lowest BCUT2D eigenvalue weighted by Crippen LogP contribution is -2.22. The number of rotatable bonds is 5. The quantitative estimate of drug-likeness (QED) is 0.620. The third kappa shape index (κ3) is 4.28. The van der Waals surface area contributed by atoms with Gasteiger partial charge in [-0.15, -0.1) is 0 Å². The molecule has 0 aliphatic heterocycles. The minimum atomic E-state index is -0.474. The molecule has 1 amide bonds. The zero-order valence-electron chi connectivity index (χ0n) is 12.9.